The molecule has 2 aliphatic rings. The molecule has 2 heterocycles. The number of amides is 3. The molecular weight excluding hydrogens is 559 g/mol. The molecule has 1 fully saturated rings. The van der Waals surface area contributed by atoms with E-state index in [-0.39, 0.29) is 23.7 Å². The maximum absolute atomic E-state index is 14.6. The van der Waals surface area contributed by atoms with Crippen molar-refractivity contribution in [2.24, 2.45) is 11.8 Å². The van der Waals surface area contributed by atoms with Crippen LogP contribution in [0.4, 0.5) is 13.2 Å². The number of carbonyl (C=O) groups is 3. The van der Waals surface area contributed by atoms with E-state index in [1.165, 1.54) is 32.0 Å². The zero-order chi connectivity index (χ0) is 31.3. The molecule has 3 amide bonds. The number of benzene rings is 2. The van der Waals surface area contributed by atoms with E-state index in [0.717, 1.165) is 16.0 Å². The first-order chi connectivity index (χ1) is 20.2. The molecule has 8 nitrogen and oxygen atoms in total. The quantitative estimate of drug-likeness (QED) is 0.403. The number of hydrogen-bond donors (Lipinski definition) is 2. The van der Waals surface area contributed by atoms with Crippen molar-refractivity contribution in [1.82, 2.24) is 25.1 Å². The lowest BCUT2D eigenvalue weighted by atomic mass is 9.85. The van der Waals surface area contributed by atoms with Crippen molar-refractivity contribution in [2.75, 3.05) is 6.54 Å². The average molecular weight is 598 g/mol. The molecule has 230 valence electrons. The third kappa shape index (κ3) is 5.86. The molecule has 1 aromatic heterocycles. The molecule has 1 aliphatic carbocycles. The fourth-order valence-corrected chi connectivity index (χ4v) is 6.47. The van der Waals surface area contributed by atoms with Crippen molar-refractivity contribution in [3.8, 4) is 0 Å². The summed E-state index contributed by atoms with van der Waals surface area (Å²) in [6.07, 6.45) is -1.87. The summed E-state index contributed by atoms with van der Waals surface area (Å²) < 4.78 is 41.8. The van der Waals surface area contributed by atoms with Gasteiger partial charge in [0, 0.05) is 12.1 Å². The van der Waals surface area contributed by atoms with Gasteiger partial charge in [0.05, 0.1) is 23.4 Å². The molecule has 2 aromatic carbocycles. The maximum atomic E-state index is 14.6. The Kier molecular flexibility index (Phi) is 8.04. The number of hydrogen-bond acceptors (Lipinski definition) is 4. The zero-order valence-electron chi connectivity index (χ0n) is 25.0. The number of piperazine rings is 1. The van der Waals surface area contributed by atoms with Gasteiger partial charge in [-0.1, -0.05) is 50.6 Å². The summed E-state index contributed by atoms with van der Waals surface area (Å²) in [7, 11) is 0. The van der Waals surface area contributed by atoms with E-state index < -0.39 is 42.3 Å². The maximum Gasteiger partial charge on any atom is 0.471 e. The number of fused-ring (bicyclic) bond motifs is 2. The summed E-state index contributed by atoms with van der Waals surface area (Å²) in [5, 5.41) is 2.99. The highest BCUT2D eigenvalue weighted by Crippen LogP contribution is 2.38. The third-order valence-corrected chi connectivity index (χ3v) is 8.94. The van der Waals surface area contributed by atoms with Crippen LogP contribution in [0.25, 0.3) is 11.0 Å². The molecule has 0 bridgehead atoms. The van der Waals surface area contributed by atoms with Crippen LogP contribution >= 0.6 is 0 Å². The molecule has 0 radical (unpaired) electrons. The number of halogens is 3. The van der Waals surface area contributed by atoms with Crippen LogP contribution in [0.3, 0.4) is 0 Å². The van der Waals surface area contributed by atoms with Gasteiger partial charge in [0.25, 0.3) is 0 Å². The van der Waals surface area contributed by atoms with Crippen LogP contribution in [-0.4, -0.2) is 67.8 Å². The van der Waals surface area contributed by atoms with Crippen LogP contribution < -0.4 is 5.32 Å². The van der Waals surface area contributed by atoms with Crippen molar-refractivity contribution >= 4 is 28.8 Å². The van der Waals surface area contributed by atoms with Crippen molar-refractivity contribution < 1.29 is 27.6 Å². The number of aromatic amines is 1. The molecule has 5 rings (SSSR count). The van der Waals surface area contributed by atoms with Gasteiger partial charge in [-0.2, -0.15) is 13.2 Å². The number of rotatable bonds is 7. The van der Waals surface area contributed by atoms with Crippen molar-refractivity contribution in [1.29, 1.82) is 0 Å². The minimum absolute atomic E-state index is 0.209. The summed E-state index contributed by atoms with van der Waals surface area (Å²) in [5.41, 5.74) is 2.75. The molecule has 3 aromatic rings. The van der Waals surface area contributed by atoms with Crippen LogP contribution in [0.15, 0.2) is 48.8 Å². The summed E-state index contributed by atoms with van der Waals surface area (Å²) in [6.45, 7) is 7.88. The van der Waals surface area contributed by atoms with E-state index in [4.69, 9.17) is 0 Å². The van der Waals surface area contributed by atoms with E-state index >= 15 is 0 Å². The first kappa shape index (κ1) is 30.6. The Bertz CT molecular complexity index is 1500. The zero-order valence-corrected chi connectivity index (χ0v) is 25.0. The summed E-state index contributed by atoms with van der Waals surface area (Å²) in [6, 6.07) is 10.2. The predicted octanol–water partition coefficient (Wildman–Crippen LogP) is 4.95. The molecule has 43 heavy (non-hydrogen) atoms. The van der Waals surface area contributed by atoms with Crippen LogP contribution in [0.5, 0.6) is 0 Å². The van der Waals surface area contributed by atoms with Gasteiger partial charge in [0.2, 0.25) is 11.8 Å². The monoisotopic (exact) mass is 597 g/mol. The SMILES string of the molecule is CC[C@@H](C)[C@@H]1C(=O)N[C@H](C2Cc3ccccc3C2)C(=O)N1[C@@H](CN(C(=O)C(F)(F)F)C(C)(C)C)c1ccc2[nH]cnc2c1. The number of nitrogens with one attached hydrogen (secondary N) is 2. The highest BCUT2D eigenvalue weighted by molar-refractivity contribution is 5.98. The molecule has 0 spiro atoms. The normalized spacial score (nSPS) is 21.1. The second kappa shape index (κ2) is 11.3. The second-order valence-corrected chi connectivity index (χ2v) is 12.8. The van der Waals surface area contributed by atoms with Gasteiger partial charge in [-0.25, -0.2) is 4.98 Å². The fourth-order valence-electron chi connectivity index (χ4n) is 6.47. The Morgan fingerprint density at radius 1 is 1.09 bits per heavy atom. The topological polar surface area (TPSA) is 98.4 Å². The number of nitrogens with zero attached hydrogens (tertiary/aromatic N) is 3. The minimum atomic E-state index is -5.12. The molecule has 2 N–H and O–H groups in total. The summed E-state index contributed by atoms with van der Waals surface area (Å²) in [5.74, 6) is -3.21. The highest BCUT2D eigenvalue weighted by Gasteiger charge is 2.52. The van der Waals surface area contributed by atoms with Crippen molar-refractivity contribution in [2.45, 2.75) is 83.7 Å². The molecular formula is C32H38F3N5O3. The lowest BCUT2D eigenvalue weighted by molar-refractivity contribution is -0.192. The Balaban J connectivity index is 1.63. The van der Waals surface area contributed by atoms with E-state index in [9.17, 15) is 27.6 Å². The van der Waals surface area contributed by atoms with Crippen LogP contribution in [0.2, 0.25) is 0 Å². The van der Waals surface area contributed by atoms with Gasteiger partial charge >= 0.3 is 12.1 Å². The molecule has 0 saturated carbocycles. The molecule has 0 unspecified atom stereocenters. The predicted molar refractivity (Wildman–Crippen MR) is 156 cm³/mol. The number of H-pyrrole nitrogens is 1. The van der Waals surface area contributed by atoms with Crippen LogP contribution in [0, 0.1) is 11.8 Å². The standard InChI is InChI=1S/C32H38F3N5O3/c1-6-18(2)27-28(41)38-26(22-13-19-9-7-8-10-20(19)14-22)29(42)40(27)25(21-11-12-23-24(15-21)37-17-36-23)16-39(31(3,4)5)30(43)32(33,34)35/h7-12,15,17-18,22,25-27H,6,13-14,16H2,1-5H3,(H,36,37)(H,38,41)/t18-,25+,26-,27-/m1/s1. The van der Waals surface area contributed by atoms with Gasteiger partial charge in [-0.15, -0.1) is 0 Å². The summed E-state index contributed by atoms with van der Waals surface area (Å²) >= 11 is 0. The smallest absolute Gasteiger partial charge is 0.345 e. The van der Waals surface area contributed by atoms with E-state index in [1.54, 1.807) is 18.2 Å². The molecule has 11 heteroatoms. The highest BCUT2D eigenvalue weighted by atomic mass is 19.4. The lowest BCUT2D eigenvalue weighted by Crippen LogP contribution is -2.68. The third-order valence-electron chi connectivity index (χ3n) is 8.94. The lowest BCUT2D eigenvalue weighted by Gasteiger charge is -2.49. The largest absolute Gasteiger partial charge is 0.471 e. The Labute approximate surface area is 249 Å². The minimum Gasteiger partial charge on any atom is -0.345 e. The average Bonchev–Trinajstić information content (AvgIpc) is 3.59. The Hall–Kier alpha value is -3.89. The van der Waals surface area contributed by atoms with Crippen LogP contribution in [0.1, 0.15) is 63.8 Å². The first-order valence-corrected chi connectivity index (χ1v) is 14.7. The number of imidazole rings is 1. The first-order valence-electron chi connectivity index (χ1n) is 14.7. The van der Waals surface area contributed by atoms with E-state index in [2.05, 4.69) is 15.3 Å². The van der Waals surface area contributed by atoms with Crippen molar-refractivity contribution in [3.05, 3.63) is 65.5 Å². The fraction of sp³-hybridized carbons (Fsp3) is 0.500. The van der Waals surface area contributed by atoms with Gasteiger partial charge in [0.15, 0.2) is 0 Å². The van der Waals surface area contributed by atoms with E-state index in [0.29, 0.717) is 35.9 Å². The molecule has 4 atom stereocenters. The summed E-state index contributed by atoms with van der Waals surface area (Å²) in [4.78, 5) is 50.9. The van der Waals surface area contributed by atoms with Gasteiger partial charge < -0.3 is 20.1 Å². The van der Waals surface area contributed by atoms with Gasteiger partial charge in [-0.3, -0.25) is 14.4 Å². The number of carbonyl (C=O) groups excluding carboxylic acids is 3. The Morgan fingerprint density at radius 2 is 1.74 bits per heavy atom. The van der Waals surface area contributed by atoms with Gasteiger partial charge in [0.1, 0.15) is 12.1 Å². The second-order valence-electron chi connectivity index (χ2n) is 12.8. The van der Waals surface area contributed by atoms with Crippen molar-refractivity contribution in [3.63, 3.8) is 0 Å². The van der Waals surface area contributed by atoms with E-state index in [1.807, 2.05) is 38.1 Å². The van der Waals surface area contributed by atoms with Gasteiger partial charge in [-0.05, 0) is 74.3 Å². The Morgan fingerprint density at radius 3 is 2.33 bits per heavy atom. The molecule has 1 saturated heterocycles. The van der Waals surface area contributed by atoms with Crippen LogP contribution in [-0.2, 0) is 27.2 Å². The molecule has 1 aliphatic heterocycles. The number of alkyl halides is 3. The number of aromatic nitrogens is 2.